The van der Waals surface area contributed by atoms with E-state index in [2.05, 4.69) is 0 Å². The van der Waals surface area contributed by atoms with Crippen molar-refractivity contribution in [1.29, 1.82) is 0 Å². The van der Waals surface area contributed by atoms with Gasteiger partial charge in [0.05, 0.1) is 7.11 Å². The Hall–Kier alpha value is -0.585. The molecule has 1 aliphatic rings. The highest BCUT2D eigenvalue weighted by Gasteiger charge is 2.43. The van der Waals surface area contributed by atoms with Crippen LogP contribution in [0.15, 0.2) is 0 Å². The molecule has 1 heterocycles. The number of hydrogen-bond acceptors (Lipinski definition) is 5. The molecule has 0 bridgehead atoms. The van der Waals surface area contributed by atoms with Crippen LogP contribution < -0.4 is 0 Å². The normalized spacial score (nSPS) is 21.1. The number of ether oxygens (including phenoxy) is 2. The second-order valence-corrected chi connectivity index (χ2v) is 3.86. The lowest BCUT2D eigenvalue weighted by molar-refractivity contribution is -0.170. The smallest absolute Gasteiger partial charge is 0.376 e. The van der Waals surface area contributed by atoms with Gasteiger partial charge in [0.25, 0.3) is 0 Å². The van der Waals surface area contributed by atoms with Crippen molar-refractivity contribution < 1.29 is 19.3 Å². The molecule has 0 atom stereocenters. The molecule has 1 rings (SSSR count). The standard InChI is InChI=1S/C9H18BNO4/c1-10(13)11-6-4-9(15-3,5-7-11)8(12)14-2/h13H,4-7H2,1-3H3. The number of methoxy groups -OCH3 is 2. The molecule has 1 N–H and O–H groups in total. The molecule has 1 saturated heterocycles. The van der Waals surface area contributed by atoms with Crippen molar-refractivity contribution in [3.63, 3.8) is 0 Å². The highest BCUT2D eigenvalue weighted by atomic mass is 16.6. The molecular formula is C9H18BNO4. The minimum atomic E-state index is -0.819. The van der Waals surface area contributed by atoms with Gasteiger partial charge in [-0.3, -0.25) is 0 Å². The van der Waals surface area contributed by atoms with Gasteiger partial charge in [-0.25, -0.2) is 4.79 Å². The van der Waals surface area contributed by atoms with Crippen LogP contribution in [-0.2, 0) is 14.3 Å². The van der Waals surface area contributed by atoms with Crippen LogP contribution in [0, 0.1) is 0 Å². The molecule has 6 heteroatoms. The Morgan fingerprint density at radius 1 is 1.40 bits per heavy atom. The highest BCUT2D eigenvalue weighted by Crippen LogP contribution is 2.27. The quantitative estimate of drug-likeness (QED) is 0.519. The van der Waals surface area contributed by atoms with Crippen LogP contribution in [0.5, 0.6) is 0 Å². The molecule has 0 radical (unpaired) electrons. The molecule has 0 unspecified atom stereocenters. The number of esters is 1. The number of hydrogen-bond donors (Lipinski definition) is 1. The zero-order chi connectivity index (χ0) is 11.5. The Labute approximate surface area is 90.5 Å². The molecule has 15 heavy (non-hydrogen) atoms. The van der Waals surface area contributed by atoms with Gasteiger partial charge in [0.15, 0.2) is 5.60 Å². The first-order valence-electron chi connectivity index (χ1n) is 5.11. The van der Waals surface area contributed by atoms with Crippen LogP contribution >= 0.6 is 0 Å². The van der Waals surface area contributed by atoms with Gasteiger partial charge < -0.3 is 19.3 Å². The number of carbonyl (C=O) groups excluding carboxylic acids is 1. The van der Waals surface area contributed by atoms with Crippen molar-refractivity contribution in [2.45, 2.75) is 25.3 Å². The highest BCUT2D eigenvalue weighted by molar-refractivity contribution is 6.45. The fraction of sp³-hybridized carbons (Fsp3) is 0.889. The molecule has 0 aliphatic carbocycles. The lowest BCUT2D eigenvalue weighted by atomic mass is 9.79. The van der Waals surface area contributed by atoms with E-state index in [1.54, 1.807) is 6.82 Å². The predicted octanol–water partition coefficient (Wildman–Crippen LogP) is -0.249. The second-order valence-electron chi connectivity index (χ2n) is 3.86. The van der Waals surface area contributed by atoms with Crippen LogP contribution in [0.25, 0.3) is 0 Å². The SMILES string of the molecule is COC(=O)C1(OC)CCN(B(C)O)CC1. The average molecular weight is 215 g/mol. The lowest BCUT2D eigenvalue weighted by Gasteiger charge is -2.38. The van der Waals surface area contributed by atoms with Crippen molar-refractivity contribution in [2.75, 3.05) is 27.3 Å². The second kappa shape index (κ2) is 4.96. The minimum absolute atomic E-state index is 0.324. The van der Waals surface area contributed by atoms with Crippen molar-refractivity contribution in [2.24, 2.45) is 0 Å². The van der Waals surface area contributed by atoms with E-state index in [1.165, 1.54) is 14.2 Å². The Morgan fingerprint density at radius 3 is 2.27 bits per heavy atom. The largest absolute Gasteiger partial charge is 0.467 e. The summed E-state index contributed by atoms with van der Waals surface area (Å²) in [7, 11) is 2.41. The lowest BCUT2D eigenvalue weighted by Crippen LogP contribution is -2.54. The predicted molar refractivity (Wildman–Crippen MR) is 56.4 cm³/mol. The maximum atomic E-state index is 11.6. The van der Waals surface area contributed by atoms with Crippen LogP contribution in [0.2, 0.25) is 6.82 Å². The van der Waals surface area contributed by atoms with Crippen molar-refractivity contribution in [3.05, 3.63) is 0 Å². The zero-order valence-corrected chi connectivity index (χ0v) is 9.52. The summed E-state index contributed by atoms with van der Waals surface area (Å²) in [5, 5.41) is 9.38. The van der Waals surface area contributed by atoms with E-state index < -0.39 is 12.7 Å². The molecule has 0 aromatic rings. The van der Waals surface area contributed by atoms with Gasteiger partial charge in [0, 0.05) is 7.11 Å². The molecule has 86 valence electrons. The fourth-order valence-corrected chi connectivity index (χ4v) is 1.94. The summed E-state index contributed by atoms with van der Waals surface area (Å²) < 4.78 is 10.0. The average Bonchev–Trinajstić information content (AvgIpc) is 2.27. The summed E-state index contributed by atoms with van der Waals surface area (Å²) in [6.45, 7) is 3.00. The number of carbonyl (C=O) groups is 1. The van der Waals surface area contributed by atoms with Gasteiger partial charge in [-0.1, -0.05) is 0 Å². The third kappa shape index (κ3) is 2.51. The van der Waals surface area contributed by atoms with E-state index >= 15 is 0 Å². The van der Waals surface area contributed by atoms with Crippen LogP contribution in [-0.4, -0.2) is 55.8 Å². The number of nitrogens with zero attached hydrogens (tertiary/aromatic N) is 1. The van der Waals surface area contributed by atoms with E-state index in [0.717, 1.165) is 0 Å². The zero-order valence-electron chi connectivity index (χ0n) is 9.52. The van der Waals surface area contributed by atoms with Crippen molar-refractivity contribution in [1.82, 2.24) is 4.81 Å². The van der Waals surface area contributed by atoms with Crippen LogP contribution in [0.3, 0.4) is 0 Å². The summed E-state index contributed by atoms with van der Waals surface area (Å²) >= 11 is 0. The van der Waals surface area contributed by atoms with E-state index in [9.17, 15) is 9.82 Å². The third-order valence-corrected chi connectivity index (χ3v) is 3.08. The van der Waals surface area contributed by atoms with Crippen molar-refractivity contribution in [3.8, 4) is 0 Å². The maximum Gasteiger partial charge on any atom is 0.376 e. The number of piperidine rings is 1. The van der Waals surface area contributed by atoms with Gasteiger partial charge in [0.2, 0.25) is 0 Å². The molecule has 0 saturated carbocycles. The summed E-state index contributed by atoms with van der Waals surface area (Å²) in [6.07, 6.45) is 1.11. The summed E-state index contributed by atoms with van der Waals surface area (Å²) in [6, 6.07) is 0. The van der Waals surface area contributed by atoms with Gasteiger partial charge >= 0.3 is 13.0 Å². The van der Waals surface area contributed by atoms with E-state index in [0.29, 0.717) is 25.9 Å². The maximum absolute atomic E-state index is 11.6. The van der Waals surface area contributed by atoms with Crippen molar-refractivity contribution >= 4 is 13.0 Å². The van der Waals surface area contributed by atoms with Gasteiger partial charge in [-0.15, -0.1) is 0 Å². The Kier molecular flexibility index (Phi) is 4.13. The van der Waals surface area contributed by atoms with E-state index in [1.807, 2.05) is 4.81 Å². The van der Waals surface area contributed by atoms with Gasteiger partial charge in [0.1, 0.15) is 0 Å². The Balaban J connectivity index is 2.62. The van der Waals surface area contributed by atoms with Gasteiger partial charge in [-0.2, -0.15) is 0 Å². The molecule has 0 spiro atoms. The monoisotopic (exact) mass is 215 g/mol. The molecule has 1 fully saturated rings. The first-order valence-corrected chi connectivity index (χ1v) is 5.11. The molecule has 1 aliphatic heterocycles. The first-order chi connectivity index (χ1) is 7.05. The van der Waals surface area contributed by atoms with Crippen LogP contribution in [0.1, 0.15) is 12.8 Å². The van der Waals surface area contributed by atoms with E-state index in [4.69, 9.17) is 9.47 Å². The minimum Gasteiger partial charge on any atom is -0.467 e. The summed E-state index contributed by atoms with van der Waals surface area (Å²) in [4.78, 5) is 13.5. The van der Waals surface area contributed by atoms with Crippen LogP contribution in [0.4, 0.5) is 0 Å². The topological polar surface area (TPSA) is 59.0 Å². The summed E-state index contributed by atoms with van der Waals surface area (Å²) in [5.74, 6) is -0.324. The number of rotatable bonds is 3. The fourth-order valence-electron chi connectivity index (χ4n) is 1.94. The molecule has 0 aromatic carbocycles. The summed E-state index contributed by atoms with van der Waals surface area (Å²) in [5.41, 5.74) is -0.819. The van der Waals surface area contributed by atoms with Gasteiger partial charge in [-0.05, 0) is 32.8 Å². The van der Waals surface area contributed by atoms with E-state index in [-0.39, 0.29) is 5.97 Å². The molecule has 5 nitrogen and oxygen atoms in total. The first kappa shape index (κ1) is 12.5. The molecule has 0 amide bonds. The Morgan fingerprint density at radius 2 is 1.93 bits per heavy atom. The molecule has 0 aromatic heterocycles. The Bertz CT molecular complexity index is 226. The third-order valence-electron chi connectivity index (χ3n) is 3.08. The molecular weight excluding hydrogens is 197 g/mol.